The molecule has 0 radical (unpaired) electrons. The zero-order valence-corrected chi connectivity index (χ0v) is 21.7. The number of ether oxygens (including phenoxy) is 1. The van der Waals surface area contributed by atoms with Gasteiger partial charge < -0.3 is 19.1 Å². The van der Waals surface area contributed by atoms with E-state index >= 15 is 0 Å². The Labute approximate surface area is 220 Å². The van der Waals surface area contributed by atoms with Crippen LogP contribution >= 0.6 is 23.2 Å². The van der Waals surface area contributed by atoms with E-state index < -0.39 is 0 Å². The number of rotatable bonds is 6. The molecule has 0 saturated carbocycles. The van der Waals surface area contributed by atoms with Gasteiger partial charge in [0, 0.05) is 49.0 Å². The van der Waals surface area contributed by atoms with Crippen LogP contribution in [0.25, 0.3) is 11.4 Å². The van der Waals surface area contributed by atoms with Crippen molar-refractivity contribution in [3.63, 3.8) is 0 Å². The molecule has 5 rings (SSSR count). The maximum Gasteiger partial charge on any atom is 0.241 e. The van der Waals surface area contributed by atoms with Gasteiger partial charge in [0.2, 0.25) is 17.6 Å². The maximum absolute atomic E-state index is 13.3. The van der Waals surface area contributed by atoms with Crippen LogP contribution in [0, 0.1) is 5.92 Å². The molecule has 0 aliphatic carbocycles. The van der Waals surface area contributed by atoms with E-state index in [1.807, 2.05) is 17.0 Å². The molecule has 10 heteroatoms. The first-order valence-electron chi connectivity index (χ1n) is 12.2. The smallest absolute Gasteiger partial charge is 0.241 e. The van der Waals surface area contributed by atoms with Crippen molar-refractivity contribution in [1.82, 2.24) is 19.9 Å². The molecule has 2 aliphatic rings. The molecule has 2 aromatic carbocycles. The number of hydrogen-bond donors (Lipinski definition) is 0. The predicted molar refractivity (Wildman–Crippen MR) is 140 cm³/mol. The molecular weight excluding hydrogens is 501 g/mol. The van der Waals surface area contributed by atoms with Gasteiger partial charge in [0.1, 0.15) is 5.75 Å². The third kappa shape index (κ3) is 5.61. The van der Waals surface area contributed by atoms with Crippen molar-refractivity contribution in [2.75, 3.05) is 51.3 Å². The molecule has 1 amide bonds. The summed E-state index contributed by atoms with van der Waals surface area (Å²) in [4.78, 5) is 24.4. The molecule has 0 N–H and O–H groups in total. The van der Waals surface area contributed by atoms with Crippen LogP contribution in [0.15, 0.2) is 47.0 Å². The zero-order valence-electron chi connectivity index (χ0n) is 20.2. The number of likely N-dealkylation sites (tertiary alicyclic amines) is 1. The number of methoxy groups -OCH3 is 1. The Hall–Kier alpha value is -2.81. The van der Waals surface area contributed by atoms with Gasteiger partial charge in [-0.2, -0.15) is 4.98 Å². The van der Waals surface area contributed by atoms with Crippen molar-refractivity contribution in [3.05, 3.63) is 58.4 Å². The number of aromatic nitrogens is 2. The number of anilines is 1. The fourth-order valence-electron chi connectivity index (χ4n) is 4.93. The van der Waals surface area contributed by atoms with Crippen molar-refractivity contribution in [1.29, 1.82) is 0 Å². The summed E-state index contributed by atoms with van der Waals surface area (Å²) in [5.41, 5.74) is 1.84. The second-order valence-corrected chi connectivity index (χ2v) is 10.1. The highest BCUT2D eigenvalue weighted by Crippen LogP contribution is 2.29. The normalized spacial score (nSPS) is 18.9. The van der Waals surface area contributed by atoms with E-state index in [1.165, 1.54) is 0 Å². The Kier molecular flexibility index (Phi) is 7.65. The largest absolute Gasteiger partial charge is 0.497 e. The van der Waals surface area contributed by atoms with Crippen LogP contribution in [0.1, 0.15) is 18.7 Å². The molecule has 2 aliphatic heterocycles. The minimum atomic E-state index is -0.0145. The summed E-state index contributed by atoms with van der Waals surface area (Å²) in [6.45, 7) is 5.21. The molecule has 0 bridgehead atoms. The monoisotopic (exact) mass is 529 g/mol. The highest BCUT2D eigenvalue weighted by Gasteiger charge is 2.31. The minimum absolute atomic E-state index is 0.0145. The van der Waals surface area contributed by atoms with Gasteiger partial charge in [-0.15, -0.1) is 0 Å². The minimum Gasteiger partial charge on any atom is -0.497 e. The fraction of sp³-hybridized carbons (Fsp3) is 0.423. The third-order valence-corrected chi connectivity index (χ3v) is 7.43. The number of piperidine rings is 1. The molecular formula is C26H29Cl2N5O3. The number of benzene rings is 2. The summed E-state index contributed by atoms with van der Waals surface area (Å²) in [7, 11) is 1.67. The molecule has 8 nitrogen and oxygen atoms in total. The molecule has 3 aromatic rings. The Morgan fingerprint density at radius 1 is 1.08 bits per heavy atom. The van der Waals surface area contributed by atoms with Crippen molar-refractivity contribution < 1.29 is 14.1 Å². The second kappa shape index (κ2) is 11.1. The molecule has 1 unspecified atom stereocenters. The molecule has 1 aromatic heterocycles. The van der Waals surface area contributed by atoms with Crippen molar-refractivity contribution in [2.24, 2.45) is 5.92 Å². The van der Waals surface area contributed by atoms with E-state index in [9.17, 15) is 4.79 Å². The van der Waals surface area contributed by atoms with E-state index in [1.54, 1.807) is 25.3 Å². The topological polar surface area (TPSA) is 74.9 Å². The molecule has 0 spiro atoms. The Bertz CT molecular complexity index is 1190. The van der Waals surface area contributed by atoms with Crippen molar-refractivity contribution >= 4 is 34.8 Å². The van der Waals surface area contributed by atoms with Crippen LogP contribution < -0.4 is 9.64 Å². The zero-order chi connectivity index (χ0) is 25.1. The number of halogens is 2. The van der Waals surface area contributed by atoms with Crippen LogP contribution in [-0.2, 0) is 11.3 Å². The maximum atomic E-state index is 13.3. The van der Waals surface area contributed by atoms with Gasteiger partial charge in [0.05, 0.1) is 24.6 Å². The van der Waals surface area contributed by atoms with E-state index in [2.05, 4.69) is 32.1 Å². The average molecular weight is 530 g/mol. The lowest BCUT2D eigenvalue weighted by Gasteiger charge is -2.39. The Morgan fingerprint density at radius 2 is 1.86 bits per heavy atom. The Balaban J connectivity index is 1.15. The number of piperazine rings is 1. The first-order valence-corrected chi connectivity index (χ1v) is 12.9. The van der Waals surface area contributed by atoms with Gasteiger partial charge in [-0.05, 0) is 61.9 Å². The summed E-state index contributed by atoms with van der Waals surface area (Å²) >= 11 is 12.3. The quantitative estimate of drug-likeness (QED) is 0.461. The van der Waals surface area contributed by atoms with Crippen molar-refractivity contribution in [2.45, 2.75) is 19.4 Å². The number of amides is 1. The number of carbonyl (C=O) groups is 1. The summed E-state index contributed by atoms with van der Waals surface area (Å²) < 4.78 is 10.7. The lowest BCUT2D eigenvalue weighted by molar-refractivity contribution is -0.137. The molecule has 36 heavy (non-hydrogen) atoms. The lowest BCUT2D eigenvalue weighted by Crippen LogP contribution is -2.52. The SMILES string of the molecule is COc1ccc(N2CCN(C(=O)C3CCCN(Cc4nc(-c5ccc(Cl)cc5Cl)no4)C3)CC2)cc1. The fourth-order valence-corrected chi connectivity index (χ4v) is 5.42. The van der Waals surface area contributed by atoms with Crippen LogP contribution in [0.5, 0.6) is 5.75 Å². The number of hydrogen-bond acceptors (Lipinski definition) is 7. The molecule has 3 heterocycles. The summed E-state index contributed by atoms with van der Waals surface area (Å²) in [6.07, 6.45) is 1.87. The van der Waals surface area contributed by atoms with Gasteiger partial charge in [0.25, 0.3) is 0 Å². The van der Waals surface area contributed by atoms with Crippen LogP contribution in [0.3, 0.4) is 0 Å². The van der Waals surface area contributed by atoms with Gasteiger partial charge in [-0.25, -0.2) is 0 Å². The van der Waals surface area contributed by atoms with Gasteiger partial charge in [0.15, 0.2) is 0 Å². The van der Waals surface area contributed by atoms with E-state index in [-0.39, 0.29) is 11.8 Å². The number of nitrogens with zero attached hydrogens (tertiary/aromatic N) is 5. The third-order valence-electron chi connectivity index (χ3n) is 6.88. The lowest BCUT2D eigenvalue weighted by atomic mass is 9.96. The van der Waals surface area contributed by atoms with E-state index in [0.29, 0.717) is 40.4 Å². The van der Waals surface area contributed by atoms with Crippen LogP contribution in [-0.4, -0.2) is 72.2 Å². The molecule has 1 atom stereocenters. The summed E-state index contributed by atoms with van der Waals surface area (Å²) in [5.74, 6) is 2.02. The van der Waals surface area contributed by atoms with Gasteiger partial charge >= 0.3 is 0 Å². The van der Waals surface area contributed by atoms with Crippen LogP contribution in [0.2, 0.25) is 10.0 Å². The average Bonchev–Trinajstić information content (AvgIpc) is 3.36. The summed E-state index contributed by atoms with van der Waals surface area (Å²) in [6, 6.07) is 13.3. The first-order chi connectivity index (χ1) is 17.5. The second-order valence-electron chi connectivity index (χ2n) is 9.22. The highest BCUT2D eigenvalue weighted by molar-refractivity contribution is 6.36. The van der Waals surface area contributed by atoms with E-state index in [4.69, 9.17) is 32.5 Å². The van der Waals surface area contributed by atoms with Crippen molar-refractivity contribution in [3.8, 4) is 17.1 Å². The van der Waals surface area contributed by atoms with Crippen LogP contribution in [0.4, 0.5) is 5.69 Å². The number of carbonyl (C=O) groups excluding carboxylic acids is 1. The standard InChI is InChI=1S/C26H29Cl2N5O3/c1-35-21-7-5-20(6-8-21)32-11-13-33(14-12-32)26(34)18-3-2-10-31(16-18)17-24-29-25(30-36-24)22-9-4-19(27)15-23(22)28/h4-9,15,18H,2-3,10-14,16-17H2,1H3. The summed E-state index contributed by atoms with van der Waals surface area (Å²) in [5, 5.41) is 5.12. The Morgan fingerprint density at radius 3 is 2.58 bits per heavy atom. The molecule has 2 saturated heterocycles. The molecule has 2 fully saturated rings. The van der Waals surface area contributed by atoms with Gasteiger partial charge in [-0.3, -0.25) is 9.69 Å². The van der Waals surface area contributed by atoms with Gasteiger partial charge in [-0.1, -0.05) is 28.4 Å². The van der Waals surface area contributed by atoms with E-state index in [0.717, 1.165) is 57.0 Å². The molecule has 190 valence electrons. The predicted octanol–water partition coefficient (Wildman–Crippen LogP) is 4.61. The first kappa shape index (κ1) is 24.9. The highest BCUT2D eigenvalue weighted by atomic mass is 35.5.